The highest BCUT2D eigenvalue weighted by molar-refractivity contribution is 5.97. The van der Waals surface area contributed by atoms with E-state index in [1.54, 1.807) is 0 Å². The van der Waals surface area contributed by atoms with E-state index >= 15 is 0 Å². The zero-order chi connectivity index (χ0) is 13.1. The lowest BCUT2D eigenvalue weighted by Gasteiger charge is -2.29. The summed E-state index contributed by atoms with van der Waals surface area (Å²) in [6.07, 6.45) is 5.01. The van der Waals surface area contributed by atoms with Gasteiger partial charge in [0.2, 0.25) is 0 Å². The van der Waals surface area contributed by atoms with Gasteiger partial charge in [-0.1, -0.05) is 13.3 Å². The normalized spacial score (nSPS) is 30.1. The Morgan fingerprint density at radius 2 is 2.17 bits per heavy atom. The molecule has 2 rings (SSSR count). The molecule has 0 unspecified atom stereocenters. The standard InChI is InChI=1S/C13H23N3O2/c1-9-5-3-4-6-11(9)15-10(2)12(17)16-8-7-14-13(16)18/h9-11,15H,3-8H2,1-2H3,(H,14,18)/p+1/t9-,10-,11-/m0/s1. The third-order valence-corrected chi connectivity index (χ3v) is 4.23. The first kappa shape index (κ1) is 13.3. The summed E-state index contributed by atoms with van der Waals surface area (Å²) < 4.78 is 0. The van der Waals surface area contributed by atoms with Crippen LogP contribution in [0.4, 0.5) is 4.79 Å². The van der Waals surface area contributed by atoms with Gasteiger partial charge in [0.25, 0.3) is 5.91 Å². The molecule has 1 aliphatic carbocycles. The van der Waals surface area contributed by atoms with Gasteiger partial charge in [-0.05, 0) is 26.2 Å². The number of carbonyl (C=O) groups is 2. The molecule has 3 amide bonds. The van der Waals surface area contributed by atoms with Crippen molar-refractivity contribution in [1.29, 1.82) is 0 Å². The van der Waals surface area contributed by atoms with Crippen molar-refractivity contribution in [2.75, 3.05) is 13.1 Å². The van der Waals surface area contributed by atoms with Crippen molar-refractivity contribution in [3.8, 4) is 0 Å². The molecule has 3 atom stereocenters. The van der Waals surface area contributed by atoms with Crippen LogP contribution < -0.4 is 10.6 Å². The molecule has 1 saturated heterocycles. The van der Waals surface area contributed by atoms with Crippen LogP contribution in [-0.4, -0.2) is 42.0 Å². The first-order valence-corrected chi connectivity index (χ1v) is 7.04. The number of hydrogen-bond donors (Lipinski definition) is 2. The number of hydrogen-bond acceptors (Lipinski definition) is 2. The first-order valence-electron chi connectivity index (χ1n) is 7.04. The Balaban J connectivity index is 1.88. The number of carbonyl (C=O) groups excluding carboxylic acids is 2. The molecule has 102 valence electrons. The molecule has 18 heavy (non-hydrogen) atoms. The molecule has 0 aromatic heterocycles. The lowest BCUT2D eigenvalue weighted by atomic mass is 9.85. The molecule has 3 N–H and O–H groups in total. The van der Waals surface area contributed by atoms with Gasteiger partial charge >= 0.3 is 6.03 Å². The van der Waals surface area contributed by atoms with Gasteiger partial charge in [-0.2, -0.15) is 0 Å². The number of urea groups is 1. The van der Waals surface area contributed by atoms with Crippen molar-refractivity contribution in [2.24, 2.45) is 5.92 Å². The second-order valence-corrected chi connectivity index (χ2v) is 5.63. The van der Waals surface area contributed by atoms with Gasteiger partial charge in [-0.3, -0.25) is 9.69 Å². The molecule has 0 aromatic rings. The minimum atomic E-state index is -0.239. The molecule has 5 nitrogen and oxygen atoms in total. The lowest BCUT2D eigenvalue weighted by molar-refractivity contribution is -0.715. The monoisotopic (exact) mass is 254 g/mol. The predicted octanol–water partition coefficient (Wildman–Crippen LogP) is 0.0688. The Kier molecular flexibility index (Phi) is 4.22. The Hall–Kier alpha value is -1.10. The summed E-state index contributed by atoms with van der Waals surface area (Å²) in [7, 11) is 0. The highest BCUT2D eigenvalue weighted by Gasteiger charge is 2.34. The average molecular weight is 254 g/mol. The maximum Gasteiger partial charge on any atom is 0.324 e. The zero-order valence-electron chi connectivity index (χ0n) is 11.3. The third-order valence-electron chi connectivity index (χ3n) is 4.23. The highest BCUT2D eigenvalue weighted by Crippen LogP contribution is 2.21. The van der Waals surface area contributed by atoms with Crippen molar-refractivity contribution < 1.29 is 14.9 Å². The van der Waals surface area contributed by atoms with E-state index < -0.39 is 0 Å². The maximum atomic E-state index is 12.2. The molecule has 1 heterocycles. The number of imide groups is 1. The number of nitrogens with zero attached hydrogens (tertiary/aromatic N) is 1. The summed E-state index contributed by atoms with van der Waals surface area (Å²) in [5, 5.41) is 4.83. The molecule has 2 aliphatic rings. The van der Waals surface area contributed by atoms with Crippen LogP contribution in [-0.2, 0) is 4.79 Å². The number of rotatable bonds is 3. The van der Waals surface area contributed by atoms with Crippen LogP contribution in [0.2, 0.25) is 0 Å². The summed E-state index contributed by atoms with van der Waals surface area (Å²) in [5.74, 6) is 0.615. The molecule has 5 heteroatoms. The van der Waals surface area contributed by atoms with E-state index in [4.69, 9.17) is 0 Å². The average Bonchev–Trinajstić information content (AvgIpc) is 2.77. The summed E-state index contributed by atoms with van der Waals surface area (Å²) in [4.78, 5) is 25.0. The van der Waals surface area contributed by atoms with E-state index in [0.717, 1.165) is 0 Å². The summed E-state index contributed by atoms with van der Waals surface area (Å²) in [6, 6.07) is 0.139. The van der Waals surface area contributed by atoms with Gasteiger partial charge < -0.3 is 10.6 Å². The second kappa shape index (κ2) is 5.69. The molecular weight excluding hydrogens is 230 g/mol. The summed E-state index contributed by atoms with van der Waals surface area (Å²) >= 11 is 0. The summed E-state index contributed by atoms with van der Waals surface area (Å²) in [5.41, 5.74) is 0. The van der Waals surface area contributed by atoms with E-state index in [0.29, 0.717) is 25.0 Å². The molecule has 2 fully saturated rings. The molecule has 0 spiro atoms. The largest absolute Gasteiger partial charge is 0.336 e. The third kappa shape index (κ3) is 2.83. The van der Waals surface area contributed by atoms with Gasteiger partial charge in [0.05, 0.1) is 6.04 Å². The molecular formula is C13H24N3O2+. The van der Waals surface area contributed by atoms with E-state index in [2.05, 4.69) is 17.6 Å². The predicted molar refractivity (Wildman–Crippen MR) is 67.9 cm³/mol. The maximum absolute atomic E-state index is 12.2. The van der Waals surface area contributed by atoms with Crippen LogP contribution in [0, 0.1) is 5.92 Å². The van der Waals surface area contributed by atoms with E-state index in [1.807, 2.05) is 6.92 Å². The van der Waals surface area contributed by atoms with Crippen LogP contribution in [0.1, 0.15) is 39.5 Å². The first-order chi connectivity index (χ1) is 8.59. The molecule has 1 aliphatic heterocycles. The topological polar surface area (TPSA) is 66.0 Å². The Morgan fingerprint density at radius 1 is 1.44 bits per heavy atom. The molecule has 0 radical (unpaired) electrons. The molecule has 0 bridgehead atoms. The van der Waals surface area contributed by atoms with Gasteiger partial charge in [0.15, 0.2) is 6.04 Å². The number of nitrogens with two attached hydrogens (primary N) is 1. The van der Waals surface area contributed by atoms with Crippen molar-refractivity contribution in [2.45, 2.75) is 51.6 Å². The summed E-state index contributed by atoms with van der Waals surface area (Å²) in [6.45, 7) is 5.27. The van der Waals surface area contributed by atoms with Crippen molar-refractivity contribution in [3.05, 3.63) is 0 Å². The Labute approximate surface area is 108 Å². The Bertz CT molecular complexity index is 332. The van der Waals surface area contributed by atoms with Crippen LogP contribution in [0.25, 0.3) is 0 Å². The molecule has 0 aromatic carbocycles. The van der Waals surface area contributed by atoms with Gasteiger partial charge in [-0.25, -0.2) is 4.79 Å². The minimum absolute atomic E-state index is 0.0530. The molecule has 1 saturated carbocycles. The van der Waals surface area contributed by atoms with Crippen LogP contribution >= 0.6 is 0 Å². The number of quaternary nitrogens is 1. The van der Waals surface area contributed by atoms with E-state index in [1.165, 1.54) is 30.6 Å². The van der Waals surface area contributed by atoms with Gasteiger partial charge in [0.1, 0.15) is 0 Å². The van der Waals surface area contributed by atoms with Gasteiger partial charge in [-0.15, -0.1) is 0 Å². The van der Waals surface area contributed by atoms with Crippen LogP contribution in [0.15, 0.2) is 0 Å². The minimum Gasteiger partial charge on any atom is -0.336 e. The fourth-order valence-corrected chi connectivity index (χ4v) is 3.01. The zero-order valence-corrected chi connectivity index (χ0v) is 11.3. The lowest BCUT2D eigenvalue weighted by Crippen LogP contribution is -2.97. The van der Waals surface area contributed by atoms with Gasteiger partial charge in [0, 0.05) is 19.0 Å². The quantitative estimate of drug-likeness (QED) is 0.748. The highest BCUT2D eigenvalue weighted by atomic mass is 16.2. The van der Waals surface area contributed by atoms with Crippen molar-refractivity contribution in [3.63, 3.8) is 0 Å². The smallest absolute Gasteiger partial charge is 0.324 e. The fraction of sp³-hybridized carbons (Fsp3) is 0.846. The second-order valence-electron chi connectivity index (χ2n) is 5.63. The fourth-order valence-electron chi connectivity index (χ4n) is 3.01. The van der Waals surface area contributed by atoms with Crippen molar-refractivity contribution in [1.82, 2.24) is 10.2 Å². The van der Waals surface area contributed by atoms with E-state index in [9.17, 15) is 9.59 Å². The van der Waals surface area contributed by atoms with Crippen LogP contribution in [0.5, 0.6) is 0 Å². The SMILES string of the molecule is C[C@H]([NH2+][C@H]1CCCC[C@@H]1C)C(=O)N1CCNC1=O. The number of nitrogens with one attached hydrogen (secondary N) is 1. The Morgan fingerprint density at radius 3 is 2.78 bits per heavy atom. The number of amides is 3. The van der Waals surface area contributed by atoms with Crippen molar-refractivity contribution >= 4 is 11.9 Å². The van der Waals surface area contributed by atoms with Crippen LogP contribution in [0.3, 0.4) is 0 Å². The van der Waals surface area contributed by atoms with E-state index in [-0.39, 0.29) is 18.0 Å².